The van der Waals surface area contributed by atoms with Crippen molar-refractivity contribution in [2.45, 2.75) is 33.1 Å². The van der Waals surface area contributed by atoms with Crippen molar-refractivity contribution in [3.05, 3.63) is 59.7 Å². The maximum absolute atomic E-state index is 11.3. The van der Waals surface area contributed by atoms with Crippen LogP contribution in [0.15, 0.2) is 48.5 Å². The zero-order chi connectivity index (χ0) is 18.1. The number of hydrogen-bond acceptors (Lipinski definition) is 4. The fraction of sp³-hybridized carbons (Fsp3) is 0.300. The van der Waals surface area contributed by atoms with Crippen LogP contribution < -0.4 is 10.1 Å². The molecule has 0 radical (unpaired) electrons. The van der Waals surface area contributed by atoms with Crippen LogP contribution in [0.5, 0.6) is 11.5 Å². The highest BCUT2D eigenvalue weighted by Gasteiger charge is 2.06. The largest absolute Gasteiger partial charge is 0.457 e. The number of ether oxygens (including phenoxy) is 2. The molecule has 0 fully saturated rings. The van der Waals surface area contributed by atoms with Crippen molar-refractivity contribution in [1.82, 2.24) is 5.32 Å². The molecule has 2 aromatic rings. The number of hydrogen-bond donors (Lipinski definition) is 1. The molecule has 25 heavy (non-hydrogen) atoms. The molecule has 2 aromatic carbocycles. The van der Waals surface area contributed by atoms with Crippen molar-refractivity contribution < 1.29 is 19.1 Å². The van der Waals surface area contributed by atoms with Gasteiger partial charge in [0.2, 0.25) is 5.91 Å². The predicted octanol–water partition coefficient (Wildman–Crippen LogP) is 4.25. The lowest BCUT2D eigenvalue weighted by Crippen LogP contribution is -2.29. The number of carbonyl (C=O) groups is 2. The van der Waals surface area contributed by atoms with E-state index in [4.69, 9.17) is 9.47 Å². The Balaban J connectivity index is 1.95. The first-order valence-electron chi connectivity index (χ1n) is 8.37. The molecule has 0 unspecified atom stereocenters. The summed E-state index contributed by atoms with van der Waals surface area (Å²) in [5.41, 5.74) is 2.17. The quantitative estimate of drug-likeness (QED) is 0.818. The Labute approximate surface area is 148 Å². The van der Waals surface area contributed by atoms with Gasteiger partial charge in [0.1, 0.15) is 11.5 Å². The third kappa shape index (κ3) is 6.30. The van der Waals surface area contributed by atoms with Crippen LogP contribution in [-0.2, 0) is 22.4 Å². The van der Waals surface area contributed by atoms with Gasteiger partial charge in [-0.3, -0.25) is 10.1 Å². The second-order valence-corrected chi connectivity index (χ2v) is 5.67. The molecule has 0 aromatic heterocycles. The first kappa shape index (κ1) is 18.5. The molecule has 0 atom stereocenters. The summed E-state index contributed by atoms with van der Waals surface area (Å²) in [7, 11) is 0. The number of imide groups is 1. The number of amides is 2. The maximum atomic E-state index is 11.3. The zero-order valence-corrected chi connectivity index (χ0v) is 14.6. The van der Waals surface area contributed by atoms with E-state index in [1.165, 1.54) is 12.5 Å². The van der Waals surface area contributed by atoms with Gasteiger partial charge < -0.3 is 9.47 Å². The molecule has 5 nitrogen and oxygen atoms in total. The second-order valence-electron chi connectivity index (χ2n) is 5.67. The van der Waals surface area contributed by atoms with E-state index in [2.05, 4.69) is 18.3 Å². The Kier molecular flexibility index (Phi) is 7.01. The van der Waals surface area contributed by atoms with Crippen molar-refractivity contribution in [2.24, 2.45) is 0 Å². The average Bonchev–Trinajstić information content (AvgIpc) is 2.57. The molecule has 2 amide bonds. The van der Waals surface area contributed by atoms with Gasteiger partial charge in [-0.1, -0.05) is 43.7 Å². The highest BCUT2D eigenvalue weighted by molar-refractivity contribution is 5.90. The van der Waals surface area contributed by atoms with E-state index in [-0.39, 0.29) is 6.61 Å². The van der Waals surface area contributed by atoms with Crippen LogP contribution in [0.25, 0.3) is 0 Å². The lowest BCUT2D eigenvalue weighted by atomic mass is 10.1. The van der Waals surface area contributed by atoms with E-state index in [1.54, 1.807) is 0 Å². The monoisotopic (exact) mass is 341 g/mol. The summed E-state index contributed by atoms with van der Waals surface area (Å²) in [5, 5.41) is 2.07. The molecule has 0 aliphatic rings. The zero-order valence-electron chi connectivity index (χ0n) is 14.6. The van der Waals surface area contributed by atoms with Crippen molar-refractivity contribution in [2.75, 3.05) is 6.61 Å². The highest BCUT2D eigenvalue weighted by atomic mass is 16.5. The molecule has 1 N–H and O–H groups in total. The Morgan fingerprint density at radius 2 is 1.84 bits per heavy atom. The molecule has 0 heterocycles. The summed E-state index contributed by atoms with van der Waals surface area (Å²) in [4.78, 5) is 22.0. The van der Waals surface area contributed by atoms with Gasteiger partial charge in [-0.05, 0) is 35.7 Å². The molecule has 0 saturated carbocycles. The van der Waals surface area contributed by atoms with Crippen LogP contribution in [-0.4, -0.2) is 18.6 Å². The fourth-order valence-electron chi connectivity index (χ4n) is 2.41. The number of para-hydroxylation sites is 1. The van der Waals surface area contributed by atoms with E-state index < -0.39 is 12.0 Å². The molecule has 0 bridgehead atoms. The predicted molar refractivity (Wildman–Crippen MR) is 95.8 cm³/mol. The Morgan fingerprint density at radius 1 is 1.04 bits per heavy atom. The second kappa shape index (κ2) is 9.47. The van der Waals surface area contributed by atoms with Crippen LogP contribution in [0.4, 0.5) is 4.79 Å². The van der Waals surface area contributed by atoms with Crippen LogP contribution in [0.3, 0.4) is 0 Å². The third-order valence-electron chi connectivity index (χ3n) is 3.52. The SMILES string of the molecule is CCCc1ccccc1Oc1cccc(CCOC(=O)NC(C)=O)c1. The number of rotatable bonds is 7. The van der Waals surface area contributed by atoms with E-state index in [0.717, 1.165) is 29.9 Å². The van der Waals surface area contributed by atoms with Crippen LogP contribution in [0.1, 0.15) is 31.4 Å². The highest BCUT2D eigenvalue weighted by Crippen LogP contribution is 2.26. The van der Waals surface area contributed by atoms with E-state index in [1.807, 2.05) is 42.5 Å². The Hall–Kier alpha value is -2.82. The Morgan fingerprint density at radius 3 is 2.60 bits per heavy atom. The summed E-state index contributed by atoms with van der Waals surface area (Å²) < 4.78 is 11.0. The van der Waals surface area contributed by atoms with E-state index in [0.29, 0.717) is 6.42 Å². The first-order valence-corrected chi connectivity index (χ1v) is 8.37. The molecule has 132 valence electrons. The summed E-state index contributed by atoms with van der Waals surface area (Å²) in [6, 6.07) is 15.7. The third-order valence-corrected chi connectivity index (χ3v) is 3.52. The molecule has 0 aliphatic carbocycles. The molecule has 0 saturated heterocycles. The fourth-order valence-corrected chi connectivity index (χ4v) is 2.41. The van der Waals surface area contributed by atoms with E-state index in [9.17, 15) is 9.59 Å². The molecular formula is C20H23NO4. The lowest BCUT2D eigenvalue weighted by molar-refractivity contribution is -0.118. The van der Waals surface area contributed by atoms with E-state index >= 15 is 0 Å². The van der Waals surface area contributed by atoms with Crippen LogP contribution >= 0.6 is 0 Å². The van der Waals surface area contributed by atoms with Gasteiger partial charge >= 0.3 is 6.09 Å². The normalized spacial score (nSPS) is 10.2. The van der Waals surface area contributed by atoms with Crippen molar-refractivity contribution in [3.8, 4) is 11.5 Å². The maximum Gasteiger partial charge on any atom is 0.413 e. The summed E-state index contributed by atoms with van der Waals surface area (Å²) >= 11 is 0. The van der Waals surface area contributed by atoms with Crippen molar-refractivity contribution in [1.29, 1.82) is 0 Å². The Bertz CT molecular complexity index is 727. The van der Waals surface area contributed by atoms with Crippen molar-refractivity contribution in [3.63, 3.8) is 0 Å². The average molecular weight is 341 g/mol. The van der Waals surface area contributed by atoms with Crippen LogP contribution in [0, 0.1) is 0 Å². The number of nitrogens with one attached hydrogen (secondary N) is 1. The number of aryl methyl sites for hydroxylation is 1. The molecule has 0 aliphatic heterocycles. The van der Waals surface area contributed by atoms with Gasteiger partial charge in [0.05, 0.1) is 6.61 Å². The lowest BCUT2D eigenvalue weighted by Gasteiger charge is -2.11. The number of carbonyl (C=O) groups excluding carboxylic acids is 2. The van der Waals surface area contributed by atoms with Gasteiger partial charge in [-0.2, -0.15) is 0 Å². The minimum absolute atomic E-state index is 0.189. The van der Waals surface area contributed by atoms with Gasteiger partial charge in [0.25, 0.3) is 0 Å². The minimum Gasteiger partial charge on any atom is -0.457 e. The summed E-state index contributed by atoms with van der Waals surface area (Å²) in [6.07, 6.45) is 1.84. The molecule has 2 rings (SSSR count). The molecule has 0 spiro atoms. The summed E-state index contributed by atoms with van der Waals surface area (Å²) in [5.74, 6) is 1.17. The van der Waals surface area contributed by atoms with Gasteiger partial charge in [0, 0.05) is 13.3 Å². The van der Waals surface area contributed by atoms with Gasteiger partial charge in [0.15, 0.2) is 0 Å². The van der Waals surface area contributed by atoms with Gasteiger partial charge in [-0.15, -0.1) is 0 Å². The summed E-state index contributed by atoms with van der Waals surface area (Å²) in [6.45, 7) is 3.59. The molecule has 5 heteroatoms. The number of alkyl carbamates (subject to hydrolysis) is 1. The first-order chi connectivity index (χ1) is 12.1. The number of benzene rings is 2. The topological polar surface area (TPSA) is 64.6 Å². The standard InChI is InChI=1S/C20H23NO4/c1-3-7-17-9-4-5-11-19(17)25-18-10-6-8-16(14-18)12-13-24-20(23)21-15(2)22/h4-6,8-11,14H,3,7,12-13H2,1-2H3,(H,21,22,23). The van der Waals surface area contributed by atoms with Crippen LogP contribution in [0.2, 0.25) is 0 Å². The minimum atomic E-state index is -0.728. The van der Waals surface area contributed by atoms with Gasteiger partial charge in [-0.25, -0.2) is 4.79 Å². The van der Waals surface area contributed by atoms with Crippen molar-refractivity contribution >= 4 is 12.0 Å². The smallest absolute Gasteiger partial charge is 0.413 e. The molecular weight excluding hydrogens is 318 g/mol.